The molecule has 8 N–H and O–H groups in total. The van der Waals surface area contributed by atoms with Crippen molar-refractivity contribution in [2.75, 3.05) is 19.8 Å². The molecule has 11 nitrogen and oxygen atoms in total. The van der Waals surface area contributed by atoms with E-state index < -0.39 is 74.6 Å². The molecule has 2 saturated heterocycles. The van der Waals surface area contributed by atoms with Crippen LogP contribution < -0.4 is 0 Å². The normalized spacial score (nSPS) is 51.1. The Labute approximate surface area is 130 Å². The minimum Gasteiger partial charge on any atom is -0.394 e. The second kappa shape index (κ2) is 7.21. The van der Waals surface area contributed by atoms with E-state index in [1.54, 1.807) is 0 Å². The minimum atomic E-state index is -2.22. The van der Waals surface area contributed by atoms with Gasteiger partial charge in [0.1, 0.15) is 49.3 Å². The molecule has 0 aromatic heterocycles. The highest BCUT2D eigenvalue weighted by Crippen LogP contribution is 2.35. The lowest BCUT2D eigenvalue weighted by Gasteiger charge is -2.43. The lowest BCUT2D eigenvalue weighted by molar-refractivity contribution is -0.383. The van der Waals surface area contributed by atoms with E-state index in [1.165, 1.54) is 0 Å². The first-order valence-electron chi connectivity index (χ1n) is 7.05. The predicted octanol–water partition coefficient (Wildman–Crippen LogP) is -5.40. The summed E-state index contributed by atoms with van der Waals surface area (Å²) >= 11 is 0. The van der Waals surface area contributed by atoms with Crippen molar-refractivity contribution in [3.8, 4) is 0 Å². The van der Waals surface area contributed by atoms with Gasteiger partial charge >= 0.3 is 0 Å². The molecule has 2 heterocycles. The van der Waals surface area contributed by atoms with Gasteiger partial charge in [-0.1, -0.05) is 0 Å². The molecule has 9 atom stereocenters. The van der Waals surface area contributed by atoms with Crippen molar-refractivity contribution in [3.63, 3.8) is 0 Å². The van der Waals surface area contributed by atoms with Crippen LogP contribution in [0.3, 0.4) is 0 Å². The van der Waals surface area contributed by atoms with Gasteiger partial charge in [-0.2, -0.15) is 0 Å². The largest absolute Gasteiger partial charge is 0.394 e. The molecule has 5 unspecified atom stereocenters. The van der Waals surface area contributed by atoms with Crippen LogP contribution in [0.15, 0.2) is 0 Å². The topological polar surface area (TPSA) is 190 Å². The van der Waals surface area contributed by atoms with Gasteiger partial charge < -0.3 is 55.1 Å². The lowest BCUT2D eigenvalue weighted by Crippen LogP contribution is -2.62. The molecule has 0 amide bonds. The second-order valence-electron chi connectivity index (χ2n) is 5.56. The summed E-state index contributed by atoms with van der Waals surface area (Å²) in [4.78, 5) is 0. The Morgan fingerprint density at radius 3 is 1.87 bits per heavy atom. The summed E-state index contributed by atoms with van der Waals surface area (Å²) in [5, 5.41) is 76.7. The van der Waals surface area contributed by atoms with E-state index in [2.05, 4.69) is 0 Å². The smallest absolute Gasteiger partial charge is 0.224 e. The van der Waals surface area contributed by atoms with Crippen LogP contribution in [0.4, 0.5) is 0 Å². The number of rotatable bonds is 5. The molecule has 0 saturated carbocycles. The van der Waals surface area contributed by atoms with Gasteiger partial charge in [0, 0.05) is 0 Å². The van der Waals surface area contributed by atoms with Crippen LogP contribution in [-0.2, 0) is 14.2 Å². The molecule has 0 bridgehead atoms. The zero-order valence-corrected chi connectivity index (χ0v) is 12.0. The summed E-state index contributed by atoms with van der Waals surface area (Å²) < 4.78 is 15.4. The maximum atomic E-state index is 10.00. The van der Waals surface area contributed by atoms with Crippen molar-refractivity contribution in [2.24, 2.45) is 0 Å². The van der Waals surface area contributed by atoms with Crippen molar-refractivity contribution in [1.82, 2.24) is 0 Å². The second-order valence-corrected chi connectivity index (χ2v) is 5.56. The fourth-order valence-electron chi connectivity index (χ4n) is 2.63. The van der Waals surface area contributed by atoms with Crippen LogP contribution in [0.1, 0.15) is 0 Å². The summed E-state index contributed by atoms with van der Waals surface area (Å²) in [6.45, 7) is -2.32. The monoisotopic (exact) mass is 342 g/mol. The van der Waals surface area contributed by atoms with Crippen LogP contribution in [0.5, 0.6) is 0 Å². The van der Waals surface area contributed by atoms with Crippen LogP contribution in [-0.4, -0.2) is 115 Å². The fourth-order valence-corrected chi connectivity index (χ4v) is 2.63. The standard InChI is InChI=1S/C12H22O11/c13-1-4-6(16)8(18)9(19)11(21-4)23-12(3-15)10(20)7(17)5(2-14)22-12/h4-11,13-20H,1-3H2/t4?,5-,6-,7?,8?,9?,10?,11+,12+/m1/s1. The number of ether oxygens (including phenoxy) is 3. The number of hydrogen-bond acceptors (Lipinski definition) is 11. The zero-order valence-electron chi connectivity index (χ0n) is 12.0. The molecule has 2 rings (SSSR count). The van der Waals surface area contributed by atoms with Crippen molar-refractivity contribution in [2.45, 2.75) is 54.8 Å². The Balaban J connectivity index is 2.18. The zero-order chi connectivity index (χ0) is 17.4. The first kappa shape index (κ1) is 18.9. The highest BCUT2D eigenvalue weighted by Gasteiger charge is 2.58. The Bertz CT molecular complexity index is 393. The van der Waals surface area contributed by atoms with Gasteiger partial charge in [0.05, 0.1) is 13.2 Å². The lowest BCUT2D eigenvalue weighted by atomic mass is 9.99. The third-order valence-corrected chi connectivity index (χ3v) is 4.07. The van der Waals surface area contributed by atoms with Gasteiger partial charge in [-0.3, -0.25) is 0 Å². The first-order chi connectivity index (χ1) is 10.8. The molecular formula is C12H22O11. The SMILES string of the molecule is OCC1O[C@@H](O[C@]2(CO)O[C@H](CO)C(O)C2O)C(O)C(O)[C@@H]1O. The molecule has 136 valence electrons. The number of hydrogen-bond donors (Lipinski definition) is 8. The van der Waals surface area contributed by atoms with Crippen molar-refractivity contribution in [1.29, 1.82) is 0 Å². The van der Waals surface area contributed by atoms with E-state index >= 15 is 0 Å². The van der Waals surface area contributed by atoms with E-state index in [4.69, 9.17) is 24.4 Å². The van der Waals surface area contributed by atoms with E-state index in [0.717, 1.165) is 0 Å². The third-order valence-electron chi connectivity index (χ3n) is 4.07. The maximum absolute atomic E-state index is 10.00. The summed E-state index contributed by atoms with van der Waals surface area (Å²) in [6, 6.07) is 0. The molecule has 0 aliphatic carbocycles. The summed E-state index contributed by atoms with van der Waals surface area (Å²) in [5.74, 6) is -2.22. The molecule has 23 heavy (non-hydrogen) atoms. The molecule has 0 spiro atoms. The third kappa shape index (κ3) is 3.23. The molecule has 2 aliphatic heterocycles. The molecule has 0 aromatic carbocycles. The Morgan fingerprint density at radius 1 is 0.783 bits per heavy atom. The summed E-state index contributed by atoms with van der Waals surface area (Å²) in [6.07, 6.45) is -12.7. The average Bonchev–Trinajstić information content (AvgIpc) is 2.80. The molecule has 0 radical (unpaired) electrons. The van der Waals surface area contributed by atoms with Crippen molar-refractivity contribution in [3.05, 3.63) is 0 Å². The van der Waals surface area contributed by atoms with E-state index in [1.807, 2.05) is 0 Å². The quantitative estimate of drug-likeness (QED) is 0.238. The van der Waals surface area contributed by atoms with Crippen LogP contribution in [0.2, 0.25) is 0 Å². The Kier molecular flexibility index (Phi) is 5.92. The summed E-state index contributed by atoms with van der Waals surface area (Å²) in [5.41, 5.74) is 0. The van der Waals surface area contributed by atoms with E-state index in [0.29, 0.717) is 0 Å². The van der Waals surface area contributed by atoms with Crippen molar-refractivity contribution >= 4 is 0 Å². The van der Waals surface area contributed by atoms with Gasteiger partial charge in [0.15, 0.2) is 6.29 Å². The maximum Gasteiger partial charge on any atom is 0.224 e. The molecule has 2 aliphatic rings. The predicted molar refractivity (Wildman–Crippen MR) is 68.6 cm³/mol. The fraction of sp³-hybridized carbons (Fsp3) is 1.00. The highest BCUT2D eigenvalue weighted by molar-refractivity contribution is 4.98. The van der Waals surface area contributed by atoms with Gasteiger partial charge in [0.25, 0.3) is 0 Å². The van der Waals surface area contributed by atoms with Gasteiger partial charge in [-0.25, -0.2) is 0 Å². The van der Waals surface area contributed by atoms with E-state index in [-0.39, 0.29) is 0 Å². The van der Waals surface area contributed by atoms with Gasteiger partial charge in [-0.05, 0) is 0 Å². The number of aliphatic hydroxyl groups excluding tert-OH is 8. The summed E-state index contributed by atoms with van der Waals surface area (Å²) in [7, 11) is 0. The Morgan fingerprint density at radius 2 is 1.39 bits per heavy atom. The molecule has 0 aromatic rings. The van der Waals surface area contributed by atoms with Crippen LogP contribution in [0.25, 0.3) is 0 Å². The van der Waals surface area contributed by atoms with Crippen molar-refractivity contribution < 1.29 is 55.1 Å². The van der Waals surface area contributed by atoms with Gasteiger partial charge in [-0.15, -0.1) is 0 Å². The Hall–Kier alpha value is -0.440. The molecule has 2 fully saturated rings. The number of aliphatic hydroxyl groups is 8. The van der Waals surface area contributed by atoms with Crippen LogP contribution in [0, 0.1) is 0 Å². The molecular weight excluding hydrogens is 320 g/mol. The van der Waals surface area contributed by atoms with Gasteiger partial charge in [0.2, 0.25) is 5.79 Å². The average molecular weight is 342 g/mol. The van der Waals surface area contributed by atoms with Crippen LogP contribution >= 0.6 is 0 Å². The molecule has 11 heteroatoms. The minimum absolute atomic E-state index is 0.669. The first-order valence-corrected chi connectivity index (χ1v) is 7.05. The van der Waals surface area contributed by atoms with E-state index in [9.17, 15) is 30.6 Å². The highest BCUT2D eigenvalue weighted by atomic mass is 16.8.